The Morgan fingerprint density at radius 1 is 1.14 bits per heavy atom. The van der Waals surface area contributed by atoms with Gasteiger partial charge >= 0.3 is 0 Å². The molecule has 2 aliphatic rings. The molecule has 1 aromatic carbocycles. The molecule has 1 aromatic rings. The number of halogens is 2. The van der Waals surface area contributed by atoms with Gasteiger partial charge in [0.2, 0.25) is 0 Å². The van der Waals surface area contributed by atoms with Gasteiger partial charge in [-0.2, -0.15) is 15.8 Å². The molecule has 0 spiro atoms. The Morgan fingerprint density at radius 3 is 2.31 bits per heavy atom. The number of fused-ring (bicyclic) bond motifs is 1. The van der Waals surface area contributed by atoms with Crippen molar-refractivity contribution in [1.82, 2.24) is 0 Å². The lowest BCUT2D eigenvalue weighted by atomic mass is 9.54. The molecular weight excluding hydrogens is 370 g/mol. The molecule has 0 saturated heterocycles. The second kappa shape index (κ2) is 7.02. The fraction of sp³-hybridized carbons (Fsp3) is 0.435. The highest BCUT2D eigenvalue weighted by molar-refractivity contribution is 5.59. The molecule has 0 fully saturated rings. The lowest BCUT2D eigenvalue weighted by molar-refractivity contribution is 0.169. The highest BCUT2D eigenvalue weighted by atomic mass is 19.1. The van der Waals surface area contributed by atoms with E-state index in [0.29, 0.717) is 12.0 Å². The summed E-state index contributed by atoms with van der Waals surface area (Å²) in [6, 6.07) is 9.15. The van der Waals surface area contributed by atoms with Gasteiger partial charge in [-0.1, -0.05) is 32.9 Å². The van der Waals surface area contributed by atoms with Gasteiger partial charge in [-0.25, -0.2) is 8.78 Å². The molecule has 3 atom stereocenters. The SMILES string of the molecule is CC(C)(C)C1CC=C2C(C#N)=C(N)C(C#N)(C#N)C(c3ccc(F)cc3F)C2C1. The van der Waals surface area contributed by atoms with Gasteiger partial charge in [0.15, 0.2) is 5.41 Å². The Hall–Kier alpha value is -3.17. The first-order valence-electron chi connectivity index (χ1n) is 9.49. The predicted octanol–water partition coefficient (Wildman–Crippen LogP) is 4.83. The molecule has 6 heteroatoms. The van der Waals surface area contributed by atoms with Crippen LogP contribution in [0.5, 0.6) is 0 Å². The molecule has 148 valence electrons. The Balaban J connectivity index is 2.34. The zero-order valence-electron chi connectivity index (χ0n) is 16.6. The zero-order chi connectivity index (χ0) is 21.6. The van der Waals surface area contributed by atoms with Crippen LogP contribution in [0.15, 0.2) is 41.1 Å². The van der Waals surface area contributed by atoms with Crippen LogP contribution >= 0.6 is 0 Å². The highest BCUT2D eigenvalue weighted by Gasteiger charge is 2.55. The van der Waals surface area contributed by atoms with Crippen molar-refractivity contribution in [2.45, 2.75) is 39.5 Å². The molecule has 0 bridgehead atoms. The van der Waals surface area contributed by atoms with Crippen LogP contribution in [0, 0.1) is 68.3 Å². The topological polar surface area (TPSA) is 97.4 Å². The lowest BCUT2D eigenvalue weighted by Gasteiger charge is -2.47. The van der Waals surface area contributed by atoms with Crippen LogP contribution in [0.2, 0.25) is 0 Å². The number of rotatable bonds is 1. The van der Waals surface area contributed by atoms with Gasteiger partial charge in [0.1, 0.15) is 17.7 Å². The molecule has 0 amide bonds. The quantitative estimate of drug-likeness (QED) is 0.740. The van der Waals surface area contributed by atoms with Crippen molar-refractivity contribution in [2.75, 3.05) is 0 Å². The molecular formula is C23H22F2N4. The molecule has 0 aromatic heterocycles. The predicted molar refractivity (Wildman–Crippen MR) is 103 cm³/mol. The van der Waals surface area contributed by atoms with Crippen LogP contribution in [0.1, 0.15) is 45.1 Å². The third kappa shape index (κ3) is 3.08. The number of hydrogen-bond acceptors (Lipinski definition) is 4. The normalized spacial score (nSPS) is 25.9. The third-order valence-electron chi connectivity index (χ3n) is 6.40. The minimum atomic E-state index is -1.91. The van der Waals surface area contributed by atoms with E-state index in [0.717, 1.165) is 18.6 Å². The Morgan fingerprint density at radius 2 is 1.79 bits per heavy atom. The van der Waals surface area contributed by atoms with Crippen LogP contribution in [0.3, 0.4) is 0 Å². The summed E-state index contributed by atoms with van der Waals surface area (Å²) in [7, 11) is 0. The van der Waals surface area contributed by atoms with E-state index in [4.69, 9.17) is 5.73 Å². The van der Waals surface area contributed by atoms with E-state index in [1.54, 1.807) is 0 Å². The van der Waals surface area contributed by atoms with Crippen LogP contribution in [-0.2, 0) is 0 Å². The van der Waals surface area contributed by atoms with E-state index >= 15 is 0 Å². The van der Waals surface area contributed by atoms with Gasteiger partial charge in [0.25, 0.3) is 0 Å². The van der Waals surface area contributed by atoms with Crippen molar-refractivity contribution in [3.63, 3.8) is 0 Å². The lowest BCUT2D eigenvalue weighted by Crippen LogP contribution is -2.44. The summed E-state index contributed by atoms with van der Waals surface area (Å²) in [6.07, 6.45) is 3.22. The van der Waals surface area contributed by atoms with Gasteiger partial charge in [0.05, 0.1) is 23.4 Å². The van der Waals surface area contributed by atoms with E-state index in [2.05, 4.69) is 26.8 Å². The smallest absolute Gasteiger partial charge is 0.191 e. The number of nitriles is 3. The van der Waals surface area contributed by atoms with Gasteiger partial charge in [-0.3, -0.25) is 0 Å². The van der Waals surface area contributed by atoms with Crippen molar-refractivity contribution in [1.29, 1.82) is 15.8 Å². The highest BCUT2D eigenvalue weighted by Crippen LogP contribution is 2.58. The molecule has 0 aliphatic heterocycles. The standard InChI is InChI=1S/C23H22F2N4/c1-22(2,3)13-4-6-15-17(8-13)20(16-7-5-14(24)9-19(16)25)23(11-27,12-28)21(29)18(15)10-26/h5-7,9,13,17,20H,4,8,29H2,1-3H3. The van der Waals surface area contributed by atoms with Gasteiger partial charge < -0.3 is 5.73 Å². The fourth-order valence-corrected chi connectivity index (χ4v) is 4.70. The van der Waals surface area contributed by atoms with Gasteiger partial charge in [-0.05, 0) is 47.3 Å². The second-order valence-electron chi connectivity index (χ2n) is 8.88. The zero-order valence-corrected chi connectivity index (χ0v) is 16.6. The van der Waals surface area contributed by atoms with E-state index in [1.807, 2.05) is 18.2 Å². The first kappa shape index (κ1) is 20.6. The molecule has 4 nitrogen and oxygen atoms in total. The van der Waals surface area contributed by atoms with Crippen LogP contribution in [-0.4, -0.2) is 0 Å². The number of nitrogens with zero attached hydrogens (tertiary/aromatic N) is 3. The van der Waals surface area contributed by atoms with Crippen LogP contribution < -0.4 is 5.73 Å². The van der Waals surface area contributed by atoms with E-state index in [-0.39, 0.29) is 28.2 Å². The monoisotopic (exact) mass is 392 g/mol. The number of allylic oxidation sites excluding steroid dienone is 4. The van der Waals surface area contributed by atoms with Gasteiger partial charge in [-0.15, -0.1) is 0 Å². The maximum atomic E-state index is 14.8. The minimum Gasteiger partial charge on any atom is -0.399 e. The van der Waals surface area contributed by atoms with Crippen molar-refractivity contribution < 1.29 is 8.78 Å². The number of nitrogens with two attached hydrogens (primary N) is 1. The molecule has 3 rings (SSSR count). The van der Waals surface area contributed by atoms with Crippen molar-refractivity contribution >= 4 is 0 Å². The molecule has 0 heterocycles. The number of hydrogen-bond donors (Lipinski definition) is 1. The Kier molecular flexibility index (Phi) is 4.97. The molecule has 0 radical (unpaired) electrons. The summed E-state index contributed by atoms with van der Waals surface area (Å²) < 4.78 is 28.4. The van der Waals surface area contributed by atoms with E-state index < -0.39 is 28.9 Å². The minimum absolute atomic E-state index is 0.0601. The van der Waals surface area contributed by atoms with E-state index in [9.17, 15) is 24.6 Å². The maximum absolute atomic E-state index is 14.8. The summed E-state index contributed by atoms with van der Waals surface area (Å²) in [5.74, 6) is -2.75. The maximum Gasteiger partial charge on any atom is 0.191 e. The third-order valence-corrected chi connectivity index (χ3v) is 6.40. The summed E-state index contributed by atoms with van der Waals surface area (Å²) >= 11 is 0. The summed E-state index contributed by atoms with van der Waals surface area (Å²) in [6.45, 7) is 6.30. The summed E-state index contributed by atoms with van der Waals surface area (Å²) in [5, 5.41) is 29.7. The largest absolute Gasteiger partial charge is 0.399 e. The average molecular weight is 392 g/mol. The van der Waals surface area contributed by atoms with Crippen molar-refractivity contribution in [2.24, 2.45) is 28.4 Å². The van der Waals surface area contributed by atoms with Crippen molar-refractivity contribution in [3.05, 3.63) is 58.3 Å². The summed E-state index contributed by atoms with van der Waals surface area (Å²) in [4.78, 5) is 0. The Bertz CT molecular complexity index is 1030. The second-order valence-corrected chi connectivity index (χ2v) is 8.88. The molecule has 0 saturated carbocycles. The van der Waals surface area contributed by atoms with Gasteiger partial charge in [0, 0.05) is 12.0 Å². The molecule has 29 heavy (non-hydrogen) atoms. The Labute approximate surface area is 169 Å². The average Bonchev–Trinajstić information content (AvgIpc) is 2.67. The van der Waals surface area contributed by atoms with Crippen molar-refractivity contribution in [3.8, 4) is 18.2 Å². The molecule has 2 N–H and O–H groups in total. The van der Waals surface area contributed by atoms with Crippen LogP contribution in [0.25, 0.3) is 0 Å². The van der Waals surface area contributed by atoms with E-state index in [1.165, 1.54) is 6.07 Å². The molecule has 3 unspecified atom stereocenters. The first-order chi connectivity index (χ1) is 13.6. The molecule has 2 aliphatic carbocycles. The summed E-state index contributed by atoms with van der Waals surface area (Å²) in [5.41, 5.74) is 4.92. The number of benzene rings is 1. The van der Waals surface area contributed by atoms with Crippen LogP contribution in [0.4, 0.5) is 8.78 Å². The first-order valence-corrected chi connectivity index (χ1v) is 9.49. The fourth-order valence-electron chi connectivity index (χ4n) is 4.70.